The van der Waals surface area contributed by atoms with Crippen LogP contribution in [0.3, 0.4) is 0 Å². The number of carboxylic acid groups (broad SMARTS) is 1. The second kappa shape index (κ2) is 5.04. The average Bonchev–Trinajstić information content (AvgIpc) is 1.59. The summed E-state index contributed by atoms with van der Waals surface area (Å²) in [6, 6.07) is 0. The van der Waals surface area contributed by atoms with Crippen LogP contribution in [-0.4, -0.2) is 22.6 Å². The molecule has 0 aliphatic carbocycles. The average molecular weight is 208 g/mol. The Labute approximate surface area is 74.4 Å². The molecule has 0 atom stereocenters. The van der Waals surface area contributed by atoms with Crippen LogP contribution in [0.1, 0.15) is 13.8 Å². The Morgan fingerprint density at radius 1 is 1.09 bits per heavy atom. The fourth-order valence-corrected chi connectivity index (χ4v) is 0.634. The minimum absolute atomic E-state index is 0. The molecule has 0 aromatic heterocycles. The molecule has 0 heterocycles. The maximum absolute atomic E-state index is 10.4. The first kappa shape index (κ1) is 13.0. The molecule has 0 saturated carbocycles. The van der Waals surface area contributed by atoms with Crippen molar-refractivity contribution in [3.05, 3.63) is 0 Å². The summed E-state index contributed by atoms with van der Waals surface area (Å²) in [5.74, 6) is -4.10. The minimum atomic E-state index is -1.47. The zero-order valence-electron chi connectivity index (χ0n) is 6.05. The van der Waals surface area contributed by atoms with E-state index in [9.17, 15) is 14.4 Å². The molecule has 5 heteroatoms. The molecule has 0 saturated heterocycles. The third kappa shape index (κ3) is 3.90. The van der Waals surface area contributed by atoms with Gasteiger partial charge in [0.05, 0.1) is 0 Å². The van der Waals surface area contributed by atoms with Crippen molar-refractivity contribution in [2.45, 2.75) is 13.8 Å². The normalized spacial score (nSPS) is 8.64. The smallest absolute Gasteiger partial charge is 0.321 e. The number of hydrogen-bond acceptors (Lipinski definition) is 3. The predicted octanol–water partition coefficient (Wildman–Crippen LogP) is -0.137. The predicted molar refractivity (Wildman–Crippen MR) is 32.5 cm³/mol. The third-order valence-electron chi connectivity index (χ3n) is 1.06. The number of aliphatic carboxylic acids is 1. The fraction of sp³-hybridized carbons (Fsp3) is 0.500. The zero-order valence-corrected chi connectivity index (χ0v) is 6.99. The molecule has 4 nitrogen and oxygen atoms in total. The van der Waals surface area contributed by atoms with E-state index in [1.807, 2.05) is 0 Å². The summed E-state index contributed by atoms with van der Waals surface area (Å²) in [5, 5.41) is 8.27. The van der Waals surface area contributed by atoms with Crippen molar-refractivity contribution in [2.75, 3.05) is 0 Å². The number of ketones is 2. The summed E-state index contributed by atoms with van der Waals surface area (Å²) in [7, 11) is 0. The van der Waals surface area contributed by atoms with Gasteiger partial charge in [0.25, 0.3) is 0 Å². The second-order valence-electron chi connectivity index (χ2n) is 1.99. The van der Waals surface area contributed by atoms with E-state index in [4.69, 9.17) is 5.11 Å². The molecule has 67 valence electrons. The van der Waals surface area contributed by atoms with Crippen molar-refractivity contribution in [1.29, 1.82) is 0 Å². The summed E-state index contributed by atoms with van der Waals surface area (Å²) in [6.07, 6.45) is 0. The van der Waals surface area contributed by atoms with Gasteiger partial charge in [-0.1, -0.05) is 0 Å². The van der Waals surface area contributed by atoms with Gasteiger partial charge >= 0.3 is 5.97 Å². The Kier molecular flexibility index (Phi) is 5.94. The van der Waals surface area contributed by atoms with E-state index in [0.29, 0.717) is 0 Å². The van der Waals surface area contributed by atoms with Gasteiger partial charge in [-0.2, -0.15) is 0 Å². The first-order valence-corrected chi connectivity index (χ1v) is 2.70. The largest absolute Gasteiger partial charge is 0.480 e. The molecule has 0 spiro atoms. The molecule has 0 aromatic carbocycles. The Morgan fingerprint density at radius 3 is 1.36 bits per heavy atom. The van der Waals surface area contributed by atoms with Gasteiger partial charge in [-0.05, 0) is 13.8 Å². The Hall–Kier alpha value is -0.671. The molecule has 0 unspecified atom stereocenters. The van der Waals surface area contributed by atoms with E-state index in [1.165, 1.54) is 0 Å². The standard InChI is InChI=1S/C6H8O4.Cu/c1-3(7)5(4(2)8)6(9)10;/h5H,1-2H3,(H,9,10);. The van der Waals surface area contributed by atoms with Gasteiger partial charge in [-0.25, -0.2) is 0 Å². The first-order chi connectivity index (χ1) is 4.46. The molecule has 1 radical (unpaired) electrons. The number of hydrogen-bond donors (Lipinski definition) is 1. The maximum Gasteiger partial charge on any atom is 0.321 e. The molecule has 11 heavy (non-hydrogen) atoms. The monoisotopic (exact) mass is 207 g/mol. The molecule has 0 rings (SSSR count). The van der Waals surface area contributed by atoms with Crippen LogP contribution in [0.25, 0.3) is 0 Å². The number of carbonyl (C=O) groups is 3. The third-order valence-corrected chi connectivity index (χ3v) is 1.06. The Bertz CT molecular complexity index is 154. The first-order valence-electron chi connectivity index (χ1n) is 2.70. The van der Waals surface area contributed by atoms with Crippen molar-refractivity contribution < 1.29 is 36.6 Å². The number of rotatable bonds is 3. The van der Waals surface area contributed by atoms with E-state index in [1.54, 1.807) is 0 Å². The Morgan fingerprint density at radius 2 is 1.36 bits per heavy atom. The SMILES string of the molecule is CC(=O)C(C(C)=O)C(=O)O.[Cu]. The molecular formula is C6H8CuO4. The van der Waals surface area contributed by atoms with Crippen molar-refractivity contribution in [3.63, 3.8) is 0 Å². The van der Waals surface area contributed by atoms with Gasteiger partial charge < -0.3 is 5.11 Å². The second-order valence-corrected chi connectivity index (χ2v) is 1.99. The van der Waals surface area contributed by atoms with E-state index >= 15 is 0 Å². The van der Waals surface area contributed by atoms with Crippen LogP contribution < -0.4 is 0 Å². The van der Waals surface area contributed by atoms with Crippen LogP contribution in [0.15, 0.2) is 0 Å². The molecule has 0 aliphatic heterocycles. The zero-order chi connectivity index (χ0) is 8.31. The van der Waals surface area contributed by atoms with Gasteiger partial charge in [0, 0.05) is 17.1 Å². The van der Waals surface area contributed by atoms with Crippen molar-refractivity contribution >= 4 is 17.5 Å². The molecule has 0 fully saturated rings. The van der Waals surface area contributed by atoms with Gasteiger partial charge in [-0.3, -0.25) is 14.4 Å². The van der Waals surface area contributed by atoms with Crippen molar-refractivity contribution in [1.82, 2.24) is 0 Å². The van der Waals surface area contributed by atoms with Crippen LogP contribution in [-0.2, 0) is 31.5 Å². The molecule has 0 aromatic rings. The number of carboxylic acids is 1. The molecule has 0 amide bonds. The molecule has 1 N–H and O–H groups in total. The van der Waals surface area contributed by atoms with E-state index in [2.05, 4.69) is 0 Å². The number of Topliss-reactive ketones (excluding diaryl/α,β-unsaturated/α-hetero) is 2. The topological polar surface area (TPSA) is 71.4 Å². The molecule has 0 aliphatic rings. The van der Waals surface area contributed by atoms with E-state index in [-0.39, 0.29) is 17.1 Å². The summed E-state index contributed by atoms with van der Waals surface area (Å²) < 4.78 is 0. The minimum Gasteiger partial charge on any atom is -0.480 e. The maximum atomic E-state index is 10.4. The van der Waals surface area contributed by atoms with Crippen LogP contribution >= 0.6 is 0 Å². The quantitative estimate of drug-likeness (QED) is 0.517. The van der Waals surface area contributed by atoms with Crippen molar-refractivity contribution in [3.8, 4) is 0 Å². The van der Waals surface area contributed by atoms with Gasteiger partial charge in [-0.15, -0.1) is 0 Å². The van der Waals surface area contributed by atoms with E-state index in [0.717, 1.165) is 13.8 Å². The van der Waals surface area contributed by atoms with E-state index < -0.39 is 23.5 Å². The van der Waals surface area contributed by atoms with Crippen LogP contribution in [0.5, 0.6) is 0 Å². The van der Waals surface area contributed by atoms with Crippen LogP contribution in [0.4, 0.5) is 0 Å². The molecule has 0 bridgehead atoms. The molecular weight excluding hydrogens is 200 g/mol. The van der Waals surface area contributed by atoms with Crippen LogP contribution in [0.2, 0.25) is 0 Å². The summed E-state index contributed by atoms with van der Waals surface area (Å²) in [6.45, 7) is 2.17. The number of carbonyl (C=O) groups excluding carboxylic acids is 2. The van der Waals surface area contributed by atoms with Gasteiger partial charge in [0.2, 0.25) is 0 Å². The van der Waals surface area contributed by atoms with Gasteiger partial charge in [0.15, 0.2) is 17.5 Å². The summed E-state index contributed by atoms with van der Waals surface area (Å²) in [5.41, 5.74) is 0. The van der Waals surface area contributed by atoms with Gasteiger partial charge in [0.1, 0.15) is 0 Å². The Balaban J connectivity index is 0. The van der Waals surface area contributed by atoms with Crippen LogP contribution in [0, 0.1) is 5.92 Å². The van der Waals surface area contributed by atoms with Crippen molar-refractivity contribution in [2.24, 2.45) is 5.92 Å². The summed E-state index contributed by atoms with van der Waals surface area (Å²) >= 11 is 0. The fourth-order valence-electron chi connectivity index (χ4n) is 0.634. The summed E-state index contributed by atoms with van der Waals surface area (Å²) in [4.78, 5) is 31.0.